The maximum absolute atomic E-state index is 2.40. The smallest absolute Gasteiger partial charge is 0.0297 e. The Bertz CT molecular complexity index is 516. The Morgan fingerprint density at radius 2 is 0.292 bits per heavy atom. The summed E-state index contributed by atoms with van der Waals surface area (Å²) in [4.78, 5) is 0. The number of hydrogen-bond acceptors (Lipinski definition) is 0. The van der Waals surface area contributed by atoms with E-state index >= 15 is 0 Å². The van der Waals surface area contributed by atoms with E-state index < -0.39 is 0 Å². The van der Waals surface area contributed by atoms with Gasteiger partial charge in [0.1, 0.15) is 0 Å². The van der Waals surface area contributed by atoms with Crippen molar-refractivity contribution in [2.75, 3.05) is 0 Å². The van der Waals surface area contributed by atoms with Gasteiger partial charge in [-0.05, 0) is 31.1 Å². The highest BCUT2D eigenvalue weighted by atomic mass is 14.3. The van der Waals surface area contributed by atoms with E-state index in [4.69, 9.17) is 0 Å². The average Bonchev–Trinajstić information content (AvgIpc) is 3.09. The molecule has 0 heteroatoms. The summed E-state index contributed by atoms with van der Waals surface area (Å²) in [6.07, 6.45) is 63.7. The fraction of sp³-hybridized carbons (Fsp3) is 1.00. The van der Waals surface area contributed by atoms with Crippen LogP contribution in [0.25, 0.3) is 0 Å². The van der Waals surface area contributed by atoms with Crippen LogP contribution >= 0.6 is 0 Å². The summed E-state index contributed by atoms with van der Waals surface area (Å²) in [5.41, 5.74) is 0.672. The largest absolute Gasteiger partial charge is 0.0654 e. The second-order valence-corrected chi connectivity index (χ2v) is 16.9. The number of rotatable bonds is 43. The Morgan fingerprint density at radius 3 is 0.479 bits per heavy atom. The van der Waals surface area contributed by atoms with Gasteiger partial charge in [0, 0.05) is 0 Å². The Labute approximate surface area is 308 Å². The van der Waals surface area contributed by atoms with E-state index in [1.807, 2.05) is 0 Å². The molecule has 0 aromatic heterocycles. The van der Waals surface area contributed by atoms with E-state index in [0.717, 1.165) is 0 Å². The molecule has 0 aliphatic carbocycles. The highest BCUT2D eigenvalue weighted by molar-refractivity contribution is 4.80. The topological polar surface area (TPSA) is 0 Å². The maximum atomic E-state index is 2.40. The number of hydrogen-bond donors (Lipinski definition) is 0. The zero-order chi connectivity index (χ0) is 34.9. The van der Waals surface area contributed by atoms with Crippen LogP contribution < -0.4 is 0 Å². The number of unbranched alkanes of at least 4 members (excludes halogenated alkanes) is 35. The lowest BCUT2D eigenvalue weighted by Gasteiger charge is -2.35. The van der Waals surface area contributed by atoms with Crippen molar-refractivity contribution in [1.82, 2.24) is 0 Å². The van der Waals surface area contributed by atoms with Crippen LogP contribution in [0.3, 0.4) is 0 Å². The third kappa shape index (κ3) is 35.8. The summed E-state index contributed by atoms with van der Waals surface area (Å²) >= 11 is 0. The van der Waals surface area contributed by atoms with Crippen LogP contribution in [0.1, 0.15) is 304 Å². The predicted octanol–water partition coefficient (Wildman–Crippen LogP) is 18.8. The molecule has 0 saturated heterocycles. The van der Waals surface area contributed by atoms with Crippen molar-refractivity contribution in [2.24, 2.45) is 5.41 Å². The van der Waals surface area contributed by atoms with Crippen molar-refractivity contribution >= 4 is 0 Å². The minimum Gasteiger partial charge on any atom is -0.0654 e. The Morgan fingerprint density at radius 1 is 0.167 bits per heavy atom. The molecular formula is C48H98. The molecule has 0 aliphatic rings. The Balaban J connectivity index is 4.45. The molecule has 0 heterocycles. The van der Waals surface area contributed by atoms with Crippen LogP contribution in [0.5, 0.6) is 0 Å². The van der Waals surface area contributed by atoms with Crippen molar-refractivity contribution < 1.29 is 0 Å². The minimum absolute atomic E-state index is 0.672. The lowest BCUT2D eigenvalue weighted by atomic mass is 9.70. The fourth-order valence-electron chi connectivity index (χ4n) is 8.52. The molecule has 0 fully saturated rings. The molecule has 0 radical (unpaired) electrons. The second kappa shape index (κ2) is 41.4. The molecule has 0 rings (SSSR count). The van der Waals surface area contributed by atoms with Gasteiger partial charge in [-0.3, -0.25) is 0 Å². The van der Waals surface area contributed by atoms with Gasteiger partial charge in [-0.25, -0.2) is 0 Å². The lowest BCUT2D eigenvalue weighted by Crippen LogP contribution is -2.21. The van der Waals surface area contributed by atoms with Gasteiger partial charge in [-0.1, -0.05) is 278 Å². The van der Waals surface area contributed by atoms with Crippen molar-refractivity contribution in [3.63, 3.8) is 0 Å². The standard InChI is InChI=1S/C48H98/c1-5-9-13-16-19-22-24-26-28-30-32-35-38-42-46-48(44-40-12-8-4,45-41-37-34-21-18-15-11-7-3)47-43-39-36-33-31-29-27-25-23-20-17-14-10-6-2/h5-47H2,1-4H3. The Kier molecular flexibility index (Phi) is 41.4. The summed E-state index contributed by atoms with van der Waals surface area (Å²) < 4.78 is 0. The van der Waals surface area contributed by atoms with Crippen LogP contribution in [0.4, 0.5) is 0 Å². The maximum Gasteiger partial charge on any atom is -0.0297 e. The highest BCUT2D eigenvalue weighted by Gasteiger charge is 2.28. The third-order valence-electron chi connectivity index (χ3n) is 12.0. The van der Waals surface area contributed by atoms with Gasteiger partial charge < -0.3 is 0 Å². The van der Waals surface area contributed by atoms with E-state index in [9.17, 15) is 0 Å². The van der Waals surface area contributed by atoms with Crippen molar-refractivity contribution in [3.8, 4) is 0 Å². The fourth-order valence-corrected chi connectivity index (χ4v) is 8.52. The highest BCUT2D eigenvalue weighted by Crippen LogP contribution is 2.42. The first-order chi connectivity index (χ1) is 23.7. The van der Waals surface area contributed by atoms with Crippen molar-refractivity contribution in [1.29, 1.82) is 0 Å². The minimum atomic E-state index is 0.672. The molecular weight excluding hydrogens is 577 g/mol. The normalized spacial score (nSPS) is 12.0. The first-order valence-electron chi connectivity index (χ1n) is 23.7. The molecule has 0 saturated carbocycles. The molecule has 0 aromatic rings. The van der Waals surface area contributed by atoms with Crippen LogP contribution in [0, 0.1) is 5.41 Å². The Hall–Kier alpha value is 0. The zero-order valence-electron chi connectivity index (χ0n) is 34.9. The van der Waals surface area contributed by atoms with Crippen LogP contribution in [-0.4, -0.2) is 0 Å². The second-order valence-electron chi connectivity index (χ2n) is 16.9. The molecule has 290 valence electrons. The molecule has 0 spiro atoms. The predicted molar refractivity (Wildman–Crippen MR) is 224 cm³/mol. The summed E-state index contributed by atoms with van der Waals surface area (Å²) in [6, 6.07) is 0. The first kappa shape index (κ1) is 48.0. The van der Waals surface area contributed by atoms with Crippen LogP contribution in [0.15, 0.2) is 0 Å². The van der Waals surface area contributed by atoms with Crippen molar-refractivity contribution in [3.05, 3.63) is 0 Å². The molecule has 0 bridgehead atoms. The quantitative estimate of drug-likeness (QED) is 0.0565. The SMILES string of the molecule is CCCCCCCCCCCCCCCCC(CCCCC)(CCCCCCCCCC)CCCCCCCCCCCCCCCC. The zero-order valence-corrected chi connectivity index (χ0v) is 34.9. The third-order valence-corrected chi connectivity index (χ3v) is 12.0. The van der Waals surface area contributed by atoms with Gasteiger partial charge in [0.15, 0.2) is 0 Å². The first-order valence-corrected chi connectivity index (χ1v) is 23.7. The molecule has 0 aromatic carbocycles. The molecule has 0 unspecified atom stereocenters. The average molecular weight is 675 g/mol. The van der Waals surface area contributed by atoms with E-state index in [2.05, 4.69) is 27.7 Å². The van der Waals surface area contributed by atoms with E-state index in [-0.39, 0.29) is 0 Å². The molecule has 0 nitrogen and oxygen atoms in total. The summed E-state index contributed by atoms with van der Waals surface area (Å²) in [7, 11) is 0. The van der Waals surface area contributed by atoms with Gasteiger partial charge in [-0.15, -0.1) is 0 Å². The molecule has 0 atom stereocenters. The molecule has 48 heavy (non-hydrogen) atoms. The van der Waals surface area contributed by atoms with Gasteiger partial charge in [0.2, 0.25) is 0 Å². The van der Waals surface area contributed by atoms with E-state index in [1.165, 1.54) is 257 Å². The van der Waals surface area contributed by atoms with E-state index in [0.29, 0.717) is 5.41 Å². The van der Waals surface area contributed by atoms with E-state index in [1.54, 1.807) is 19.3 Å². The lowest BCUT2D eigenvalue weighted by molar-refractivity contribution is 0.172. The van der Waals surface area contributed by atoms with Gasteiger partial charge in [-0.2, -0.15) is 0 Å². The summed E-state index contributed by atoms with van der Waals surface area (Å²) in [6.45, 7) is 9.39. The summed E-state index contributed by atoms with van der Waals surface area (Å²) in [5.74, 6) is 0. The molecule has 0 aliphatic heterocycles. The monoisotopic (exact) mass is 675 g/mol. The van der Waals surface area contributed by atoms with Gasteiger partial charge >= 0.3 is 0 Å². The van der Waals surface area contributed by atoms with Crippen LogP contribution in [-0.2, 0) is 0 Å². The summed E-state index contributed by atoms with van der Waals surface area (Å²) in [5, 5.41) is 0. The molecule has 0 N–H and O–H groups in total. The van der Waals surface area contributed by atoms with Gasteiger partial charge in [0.05, 0.1) is 0 Å². The molecule has 0 amide bonds. The van der Waals surface area contributed by atoms with Crippen LogP contribution in [0.2, 0.25) is 0 Å². The van der Waals surface area contributed by atoms with Gasteiger partial charge in [0.25, 0.3) is 0 Å². The van der Waals surface area contributed by atoms with Crippen molar-refractivity contribution in [2.45, 2.75) is 304 Å².